The molecule has 6 heteroatoms. The SMILES string of the molecule is Cc1ccc(C2(F)/C(=N/S(=O)(=O)c3ccc(C)cc3)N(C)c3ccccc32)cc1. The van der Waals surface area contributed by atoms with Crippen molar-refractivity contribution in [2.24, 2.45) is 4.40 Å². The summed E-state index contributed by atoms with van der Waals surface area (Å²) in [6.07, 6.45) is 0. The number of halogens is 1. The van der Waals surface area contributed by atoms with Gasteiger partial charge in [0.2, 0.25) is 5.67 Å². The van der Waals surface area contributed by atoms with E-state index in [1.54, 1.807) is 55.6 Å². The van der Waals surface area contributed by atoms with E-state index in [2.05, 4.69) is 4.40 Å². The van der Waals surface area contributed by atoms with Crippen LogP contribution in [0, 0.1) is 13.8 Å². The molecular weight excluding hydrogens is 387 g/mol. The summed E-state index contributed by atoms with van der Waals surface area (Å²) in [5.41, 5.74) is 1.07. The van der Waals surface area contributed by atoms with E-state index in [1.807, 2.05) is 26.0 Å². The molecule has 0 N–H and O–H groups in total. The summed E-state index contributed by atoms with van der Waals surface area (Å²) in [7, 11) is -2.46. The molecule has 1 aliphatic heterocycles. The molecule has 1 atom stereocenters. The number of rotatable bonds is 3. The van der Waals surface area contributed by atoms with Crippen LogP contribution in [0.15, 0.2) is 82.1 Å². The zero-order chi connectivity index (χ0) is 20.8. The lowest BCUT2D eigenvalue weighted by Gasteiger charge is -2.23. The van der Waals surface area contributed by atoms with Crippen molar-refractivity contribution in [1.29, 1.82) is 0 Å². The van der Waals surface area contributed by atoms with Gasteiger partial charge in [0, 0.05) is 23.9 Å². The largest absolute Gasteiger partial charge is 0.329 e. The highest BCUT2D eigenvalue weighted by molar-refractivity contribution is 7.90. The summed E-state index contributed by atoms with van der Waals surface area (Å²) < 4.78 is 46.7. The maximum absolute atomic E-state index is 16.8. The number of likely N-dealkylation sites (N-methyl/N-ethyl adjacent to an activating group) is 1. The zero-order valence-corrected chi connectivity index (χ0v) is 17.2. The first-order valence-corrected chi connectivity index (χ1v) is 10.7. The third-order valence-electron chi connectivity index (χ3n) is 5.24. The number of nitrogens with zero attached hydrogens (tertiary/aromatic N) is 2. The number of anilines is 1. The van der Waals surface area contributed by atoms with Crippen molar-refractivity contribution in [1.82, 2.24) is 0 Å². The summed E-state index contributed by atoms with van der Waals surface area (Å²) in [6.45, 7) is 3.79. The first kappa shape index (κ1) is 19.3. The summed E-state index contributed by atoms with van der Waals surface area (Å²) in [5.74, 6) is -0.164. The van der Waals surface area contributed by atoms with Crippen LogP contribution in [0.3, 0.4) is 0 Å². The number of hydrogen-bond donors (Lipinski definition) is 0. The Bertz CT molecular complexity index is 1200. The van der Waals surface area contributed by atoms with E-state index in [4.69, 9.17) is 0 Å². The average Bonchev–Trinajstić information content (AvgIpc) is 2.92. The van der Waals surface area contributed by atoms with Gasteiger partial charge in [0.05, 0.1) is 4.90 Å². The maximum atomic E-state index is 16.8. The van der Waals surface area contributed by atoms with Gasteiger partial charge >= 0.3 is 0 Å². The lowest BCUT2D eigenvalue weighted by atomic mass is 9.88. The monoisotopic (exact) mass is 408 g/mol. The second kappa shape index (κ2) is 6.81. The predicted molar refractivity (Wildman–Crippen MR) is 114 cm³/mol. The Morgan fingerprint density at radius 2 is 1.41 bits per heavy atom. The van der Waals surface area contributed by atoms with E-state index >= 15 is 4.39 Å². The van der Waals surface area contributed by atoms with Crippen LogP contribution in [-0.4, -0.2) is 21.3 Å². The molecule has 0 bridgehead atoms. The zero-order valence-electron chi connectivity index (χ0n) is 16.4. The van der Waals surface area contributed by atoms with Crippen molar-refractivity contribution in [3.63, 3.8) is 0 Å². The van der Waals surface area contributed by atoms with E-state index < -0.39 is 15.7 Å². The van der Waals surface area contributed by atoms with Gasteiger partial charge in [-0.1, -0.05) is 65.7 Å². The normalized spacial score (nSPS) is 20.1. The van der Waals surface area contributed by atoms with Crippen molar-refractivity contribution in [2.45, 2.75) is 24.4 Å². The van der Waals surface area contributed by atoms with Crippen LogP contribution in [0.2, 0.25) is 0 Å². The second-order valence-corrected chi connectivity index (χ2v) is 8.91. The number of para-hydroxylation sites is 1. The quantitative estimate of drug-likeness (QED) is 0.628. The van der Waals surface area contributed by atoms with Crippen molar-refractivity contribution < 1.29 is 12.8 Å². The molecule has 4 nitrogen and oxygen atoms in total. The number of hydrogen-bond acceptors (Lipinski definition) is 2. The fourth-order valence-electron chi connectivity index (χ4n) is 3.59. The van der Waals surface area contributed by atoms with Crippen LogP contribution in [0.25, 0.3) is 0 Å². The fraction of sp³-hybridized carbons (Fsp3) is 0.174. The van der Waals surface area contributed by atoms with E-state index in [0.717, 1.165) is 11.1 Å². The number of aryl methyl sites for hydroxylation is 2. The van der Waals surface area contributed by atoms with Crippen LogP contribution in [0.5, 0.6) is 0 Å². The van der Waals surface area contributed by atoms with E-state index in [9.17, 15) is 8.42 Å². The summed E-state index contributed by atoms with van der Waals surface area (Å²) in [5, 5.41) is 0. The topological polar surface area (TPSA) is 49.7 Å². The van der Waals surface area contributed by atoms with Crippen LogP contribution >= 0.6 is 0 Å². The number of benzene rings is 3. The summed E-state index contributed by atoms with van der Waals surface area (Å²) in [4.78, 5) is 1.55. The molecule has 0 aromatic heterocycles. The Kier molecular flexibility index (Phi) is 4.54. The highest BCUT2D eigenvalue weighted by Crippen LogP contribution is 2.47. The van der Waals surface area contributed by atoms with Crippen molar-refractivity contribution in [2.75, 3.05) is 11.9 Å². The van der Waals surface area contributed by atoms with Gasteiger partial charge in [0.1, 0.15) is 0 Å². The molecule has 148 valence electrons. The molecule has 0 radical (unpaired) electrons. The average molecular weight is 408 g/mol. The van der Waals surface area contributed by atoms with Gasteiger partial charge in [-0.05, 0) is 32.0 Å². The Morgan fingerprint density at radius 3 is 2.03 bits per heavy atom. The molecule has 1 aliphatic rings. The Labute approximate surface area is 170 Å². The fourth-order valence-corrected chi connectivity index (χ4v) is 4.65. The number of fused-ring (bicyclic) bond motifs is 1. The minimum absolute atomic E-state index is 0.0335. The number of sulfonamides is 1. The lowest BCUT2D eigenvalue weighted by molar-refractivity contribution is 0.326. The van der Waals surface area contributed by atoms with Crippen LogP contribution in [-0.2, 0) is 15.7 Å². The van der Waals surface area contributed by atoms with Crippen molar-refractivity contribution in [3.8, 4) is 0 Å². The lowest BCUT2D eigenvalue weighted by Crippen LogP contribution is -2.37. The van der Waals surface area contributed by atoms with Crippen LogP contribution < -0.4 is 4.90 Å². The van der Waals surface area contributed by atoms with E-state index in [-0.39, 0.29) is 10.7 Å². The van der Waals surface area contributed by atoms with E-state index in [1.165, 1.54) is 17.0 Å². The molecule has 0 fully saturated rings. The first-order valence-electron chi connectivity index (χ1n) is 9.25. The highest BCUT2D eigenvalue weighted by Gasteiger charge is 2.50. The van der Waals surface area contributed by atoms with Gasteiger partial charge in [0.15, 0.2) is 5.84 Å². The molecule has 4 rings (SSSR count). The third-order valence-corrected chi connectivity index (χ3v) is 6.52. The first-order chi connectivity index (χ1) is 13.7. The molecule has 0 spiro atoms. The molecule has 3 aromatic rings. The standard InChI is InChI=1S/C23H21FN2O2S/c1-16-8-12-18(13-9-16)23(24)20-6-4-5-7-21(20)26(3)22(23)25-29(27,28)19-14-10-17(2)11-15-19/h4-15H,1-3H3/b25-22-. The molecule has 1 unspecified atom stereocenters. The molecule has 29 heavy (non-hydrogen) atoms. The third kappa shape index (κ3) is 3.13. The Morgan fingerprint density at radius 1 is 0.862 bits per heavy atom. The van der Waals surface area contributed by atoms with Gasteiger partial charge in [-0.25, -0.2) is 4.39 Å². The molecule has 0 amide bonds. The van der Waals surface area contributed by atoms with Crippen molar-refractivity contribution >= 4 is 21.5 Å². The Hall–Kier alpha value is -2.99. The maximum Gasteiger partial charge on any atom is 0.284 e. The van der Waals surface area contributed by atoms with Gasteiger partial charge in [0.25, 0.3) is 10.0 Å². The molecular formula is C23H21FN2O2S. The number of alkyl halides is 1. The van der Waals surface area contributed by atoms with Crippen LogP contribution in [0.4, 0.5) is 10.1 Å². The molecule has 3 aromatic carbocycles. The summed E-state index contributed by atoms with van der Waals surface area (Å²) in [6, 6.07) is 20.3. The smallest absolute Gasteiger partial charge is 0.284 e. The van der Waals surface area contributed by atoms with Crippen LogP contribution in [0.1, 0.15) is 22.3 Å². The molecule has 0 aliphatic carbocycles. The van der Waals surface area contributed by atoms with Gasteiger partial charge < -0.3 is 4.90 Å². The molecule has 0 saturated heterocycles. The minimum Gasteiger partial charge on any atom is -0.329 e. The predicted octanol–water partition coefficient (Wildman–Crippen LogP) is 4.75. The minimum atomic E-state index is -4.09. The van der Waals surface area contributed by atoms with E-state index in [0.29, 0.717) is 16.8 Å². The Balaban J connectivity index is 1.94. The highest BCUT2D eigenvalue weighted by atomic mass is 32.2. The van der Waals surface area contributed by atoms with Gasteiger partial charge in [-0.3, -0.25) is 0 Å². The second-order valence-electron chi connectivity index (χ2n) is 7.30. The van der Waals surface area contributed by atoms with Gasteiger partial charge in [-0.15, -0.1) is 4.40 Å². The van der Waals surface area contributed by atoms with Crippen molar-refractivity contribution in [3.05, 3.63) is 95.1 Å². The van der Waals surface area contributed by atoms with Gasteiger partial charge in [-0.2, -0.15) is 8.42 Å². The molecule has 0 saturated carbocycles. The molecule has 1 heterocycles. The summed E-state index contributed by atoms with van der Waals surface area (Å²) >= 11 is 0. The number of amidine groups is 1.